The first-order chi connectivity index (χ1) is 9.20. The van der Waals surface area contributed by atoms with Gasteiger partial charge in [-0.2, -0.15) is 11.8 Å². The number of rotatable bonds is 5. The number of Topliss-reactive ketones (excluding diaryl/α,β-unsaturated/α-hetero) is 1. The van der Waals surface area contributed by atoms with E-state index in [0.717, 1.165) is 25.0 Å². The van der Waals surface area contributed by atoms with Gasteiger partial charge in [0.2, 0.25) is 5.91 Å². The lowest BCUT2D eigenvalue weighted by Gasteiger charge is -2.18. The second-order valence-corrected chi connectivity index (χ2v) is 6.78. The molecule has 19 heavy (non-hydrogen) atoms. The number of allylic oxidation sites excluding steroid dienone is 2. The molecule has 1 heterocycles. The number of fused-ring (bicyclic) bond motifs is 1. The number of amides is 1. The highest BCUT2D eigenvalue weighted by atomic mass is 32.2. The third-order valence-electron chi connectivity index (χ3n) is 4.11. The van der Waals surface area contributed by atoms with Gasteiger partial charge >= 0.3 is 0 Å². The standard InChI is InChI=1S/C15H23NO2S/c1-16-15(18)8-3-2-7-14-13-6-4-5-12(17)9-11(13)10-19-14/h4,6,11,13-14H,2-3,5,7-10H2,1H3,(H,16,18). The van der Waals surface area contributed by atoms with E-state index in [9.17, 15) is 9.59 Å². The van der Waals surface area contributed by atoms with E-state index < -0.39 is 0 Å². The molecule has 1 aliphatic carbocycles. The average molecular weight is 281 g/mol. The predicted octanol–water partition coefficient (Wildman–Crippen LogP) is 2.56. The van der Waals surface area contributed by atoms with E-state index in [0.29, 0.717) is 35.7 Å². The maximum atomic E-state index is 11.6. The van der Waals surface area contributed by atoms with Crippen molar-refractivity contribution in [2.24, 2.45) is 11.8 Å². The summed E-state index contributed by atoms with van der Waals surface area (Å²) in [5.74, 6) is 2.79. The summed E-state index contributed by atoms with van der Waals surface area (Å²) in [5.41, 5.74) is 0. The third-order valence-corrected chi connectivity index (χ3v) is 5.71. The quantitative estimate of drug-likeness (QED) is 0.622. The van der Waals surface area contributed by atoms with Crippen LogP contribution in [0.5, 0.6) is 0 Å². The molecular formula is C15H23NO2S. The van der Waals surface area contributed by atoms with Crippen molar-refractivity contribution in [2.75, 3.05) is 12.8 Å². The number of ketones is 1. The highest BCUT2D eigenvalue weighted by molar-refractivity contribution is 8.00. The summed E-state index contributed by atoms with van der Waals surface area (Å²) in [7, 11) is 1.69. The monoisotopic (exact) mass is 281 g/mol. The molecule has 4 heteroatoms. The molecule has 0 aromatic rings. The lowest BCUT2D eigenvalue weighted by molar-refractivity contribution is -0.121. The predicted molar refractivity (Wildman–Crippen MR) is 79.1 cm³/mol. The lowest BCUT2D eigenvalue weighted by atomic mass is 9.87. The van der Waals surface area contributed by atoms with Crippen molar-refractivity contribution < 1.29 is 9.59 Å². The van der Waals surface area contributed by atoms with Gasteiger partial charge in [0.05, 0.1) is 0 Å². The van der Waals surface area contributed by atoms with Gasteiger partial charge in [0.1, 0.15) is 5.78 Å². The molecule has 1 amide bonds. The van der Waals surface area contributed by atoms with Crippen LogP contribution in [-0.2, 0) is 9.59 Å². The van der Waals surface area contributed by atoms with Gasteiger partial charge in [-0.1, -0.05) is 18.6 Å². The molecule has 0 bridgehead atoms. The molecular weight excluding hydrogens is 258 g/mol. The van der Waals surface area contributed by atoms with Crippen molar-refractivity contribution in [3.05, 3.63) is 12.2 Å². The van der Waals surface area contributed by atoms with Crippen LogP contribution < -0.4 is 5.32 Å². The van der Waals surface area contributed by atoms with Crippen LogP contribution in [0.1, 0.15) is 38.5 Å². The smallest absolute Gasteiger partial charge is 0.219 e. The molecule has 0 saturated carbocycles. The Morgan fingerprint density at radius 3 is 3.11 bits per heavy atom. The first-order valence-corrected chi connectivity index (χ1v) is 8.26. The second-order valence-electron chi connectivity index (χ2n) is 5.50. The van der Waals surface area contributed by atoms with Crippen LogP contribution in [0.15, 0.2) is 12.2 Å². The van der Waals surface area contributed by atoms with E-state index in [1.165, 1.54) is 6.42 Å². The first-order valence-electron chi connectivity index (χ1n) is 7.21. The van der Waals surface area contributed by atoms with Gasteiger partial charge in [0.15, 0.2) is 0 Å². The number of thioether (sulfide) groups is 1. The first kappa shape index (κ1) is 14.6. The minimum absolute atomic E-state index is 0.136. The minimum Gasteiger partial charge on any atom is -0.359 e. The zero-order valence-corrected chi connectivity index (χ0v) is 12.4. The Morgan fingerprint density at radius 1 is 1.47 bits per heavy atom. The molecule has 1 N–H and O–H groups in total. The van der Waals surface area contributed by atoms with Gasteiger partial charge in [0.25, 0.3) is 0 Å². The van der Waals surface area contributed by atoms with E-state index in [4.69, 9.17) is 0 Å². The zero-order valence-electron chi connectivity index (χ0n) is 11.6. The molecule has 106 valence electrons. The Bertz CT molecular complexity index is 367. The van der Waals surface area contributed by atoms with E-state index >= 15 is 0 Å². The molecule has 1 fully saturated rings. The number of carbonyl (C=O) groups excluding carboxylic acids is 2. The normalized spacial score (nSPS) is 29.9. The number of hydrogen-bond donors (Lipinski definition) is 1. The number of carbonyl (C=O) groups is 2. The van der Waals surface area contributed by atoms with Crippen LogP contribution in [0.3, 0.4) is 0 Å². The van der Waals surface area contributed by atoms with Gasteiger partial charge in [-0.15, -0.1) is 0 Å². The van der Waals surface area contributed by atoms with Crippen molar-refractivity contribution in [1.82, 2.24) is 5.32 Å². The van der Waals surface area contributed by atoms with E-state index in [1.807, 2.05) is 11.8 Å². The fourth-order valence-corrected chi connectivity index (χ4v) is 4.72. The Hall–Kier alpha value is -0.770. The number of nitrogens with one attached hydrogen (secondary N) is 1. The fourth-order valence-electron chi connectivity index (χ4n) is 3.01. The van der Waals surface area contributed by atoms with Gasteiger partial charge in [-0.25, -0.2) is 0 Å². The summed E-state index contributed by atoms with van der Waals surface area (Å²) in [6.07, 6.45) is 9.61. The van der Waals surface area contributed by atoms with Crippen molar-refractivity contribution in [1.29, 1.82) is 0 Å². The van der Waals surface area contributed by atoms with Crippen LogP contribution in [0.2, 0.25) is 0 Å². The summed E-state index contributed by atoms with van der Waals surface area (Å²) in [6, 6.07) is 0. The van der Waals surface area contributed by atoms with E-state index in [2.05, 4.69) is 17.5 Å². The number of unbranched alkanes of at least 4 members (excludes halogenated alkanes) is 1. The molecule has 2 rings (SSSR count). The highest BCUT2D eigenvalue weighted by Gasteiger charge is 2.36. The van der Waals surface area contributed by atoms with Crippen molar-refractivity contribution in [3.63, 3.8) is 0 Å². The Kier molecular flexibility index (Phi) is 5.49. The topological polar surface area (TPSA) is 46.2 Å². The summed E-state index contributed by atoms with van der Waals surface area (Å²) in [6.45, 7) is 0. The molecule has 3 atom stereocenters. The molecule has 3 unspecified atom stereocenters. The van der Waals surface area contributed by atoms with Gasteiger partial charge in [-0.05, 0) is 30.4 Å². The molecule has 0 spiro atoms. The molecule has 3 nitrogen and oxygen atoms in total. The molecule has 0 aromatic heterocycles. The number of hydrogen-bond acceptors (Lipinski definition) is 3. The van der Waals surface area contributed by atoms with Crippen molar-refractivity contribution >= 4 is 23.5 Å². The largest absolute Gasteiger partial charge is 0.359 e. The summed E-state index contributed by atoms with van der Waals surface area (Å²) >= 11 is 2.02. The van der Waals surface area contributed by atoms with Crippen LogP contribution >= 0.6 is 11.8 Å². The van der Waals surface area contributed by atoms with Crippen LogP contribution in [0, 0.1) is 11.8 Å². The van der Waals surface area contributed by atoms with Crippen LogP contribution in [-0.4, -0.2) is 29.7 Å². The minimum atomic E-state index is 0.136. The SMILES string of the molecule is CNC(=O)CCCCC1SCC2CC(=O)CC=CC21. The average Bonchev–Trinajstić information content (AvgIpc) is 2.66. The fraction of sp³-hybridized carbons (Fsp3) is 0.733. The van der Waals surface area contributed by atoms with E-state index in [-0.39, 0.29) is 5.91 Å². The Morgan fingerprint density at radius 2 is 2.32 bits per heavy atom. The maximum absolute atomic E-state index is 11.6. The third kappa shape index (κ3) is 4.10. The van der Waals surface area contributed by atoms with Gasteiger partial charge in [-0.3, -0.25) is 9.59 Å². The summed E-state index contributed by atoms with van der Waals surface area (Å²) in [5, 5.41) is 3.31. The summed E-state index contributed by atoms with van der Waals surface area (Å²) in [4.78, 5) is 22.7. The van der Waals surface area contributed by atoms with Gasteiger partial charge < -0.3 is 5.32 Å². The maximum Gasteiger partial charge on any atom is 0.219 e. The van der Waals surface area contributed by atoms with Crippen molar-refractivity contribution in [2.45, 2.75) is 43.8 Å². The molecule has 0 aromatic carbocycles. The lowest BCUT2D eigenvalue weighted by Crippen LogP contribution is -2.19. The molecule has 2 aliphatic rings. The van der Waals surface area contributed by atoms with Crippen molar-refractivity contribution in [3.8, 4) is 0 Å². The van der Waals surface area contributed by atoms with E-state index in [1.54, 1.807) is 7.05 Å². The summed E-state index contributed by atoms with van der Waals surface area (Å²) < 4.78 is 0. The van der Waals surface area contributed by atoms with Crippen LogP contribution in [0.4, 0.5) is 0 Å². The Labute approximate surface area is 119 Å². The highest BCUT2D eigenvalue weighted by Crippen LogP contribution is 2.43. The molecule has 1 aliphatic heterocycles. The van der Waals surface area contributed by atoms with Gasteiger partial charge in [0, 0.05) is 31.6 Å². The second kappa shape index (κ2) is 7.13. The molecule has 0 radical (unpaired) electrons. The van der Waals surface area contributed by atoms with Crippen LogP contribution in [0.25, 0.3) is 0 Å². The molecule has 1 saturated heterocycles. The Balaban J connectivity index is 1.76. The zero-order chi connectivity index (χ0) is 13.7.